The van der Waals surface area contributed by atoms with E-state index in [0.29, 0.717) is 12.0 Å². The Labute approximate surface area is 135 Å². The van der Waals surface area contributed by atoms with Crippen molar-refractivity contribution < 1.29 is 9.26 Å². The van der Waals surface area contributed by atoms with Crippen molar-refractivity contribution in [3.63, 3.8) is 0 Å². The zero-order valence-electron chi connectivity index (χ0n) is 13.6. The van der Waals surface area contributed by atoms with Crippen LogP contribution in [0, 0.1) is 19.8 Å². The molecule has 0 radical (unpaired) electrons. The number of nitrogens with zero attached hydrogens (tertiary/aromatic N) is 4. The van der Waals surface area contributed by atoms with Crippen LogP contribution < -0.4 is 0 Å². The Morgan fingerprint density at radius 2 is 2.26 bits per heavy atom. The minimum absolute atomic E-state index is 0.118. The zero-order valence-corrected chi connectivity index (χ0v) is 13.6. The first-order valence-corrected chi connectivity index (χ1v) is 8.26. The summed E-state index contributed by atoms with van der Waals surface area (Å²) in [6, 6.07) is 1.96. The summed E-state index contributed by atoms with van der Waals surface area (Å²) in [5.41, 5.74) is 3.22. The molecule has 0 aromatic carbocycles. The first kappa shape index (κ1) is 14.8. The van der Waals surface area contributed by atoms with Crippen LogP contribution in [-0.4, -0.2) is 39.2 Å². The van der Waals surface area contributed by atoms with Crippen molar-refractivity contribution in [2.75, 3.05) is 13.1 Å². The first-order valence-electron chi connectivity index (χ1n) is 8.26. The van der Waals surface area contributed by atoms with Crippen molar-refractivity contribution in [2.24, 2.45) is 5.92 Å². The molecule has 6 nitrogen and oxygen atoms in total. The van der Waals surface area contributed by atoms with Gasteiger partial charge in [-0.3, -0.25) is 4.90 Å². The molecular formula is C17H22N4O2. The van der Waals surface area contributed by atoms with Crippen LogP contribution in [0.3, 0.4) is 0 Å². The molecule has 23 heavy (non-hydrogen) atoms. The van der Waals surface area contributed by atoms with Crippen molar-refractivity contribution in [1.29, 1.82) is 0 Å². The monoisotopic (exact) mass is 314 g/mol. The predicted molar refractivity (Wildman–Crippen MR) is 83.6 cm³/mol. The van der Waals surface area contributed by atoms with Gasteiger partial charge in [-0.2, -0.15) is 0 Å². The number of aryl methyl sites for hydroxylation is 2. The number of aromatic nitrogens is 3. The van der Waals surface area contributed by atoms with Gasteiger partial charge in [0.25, 0.3) is 0 Å². The number of likely N-dealkylation sites (tertiary alicyclic amines) is 1. The van der Waals surface area contributed by atoms with E-state index in [0.717, 1.165) is 43.2 Å². The van der Waals surface area contributed by atoms with Gasteiger partial charge in [0.2, 0.25) is 0 Å². The highest BCUT2D eigenvalue weighted by atomic mass is 16.5. The summed E-state index contributed by atoms with van der Waals surface area (Å²) in [5, 5.41) is 4.05. The highest BCUT2D eigenvalue weighted by molar-refractivity contribution is 5.20. The van der Waals surface area contributed by atoms with E-state index in [1.165, 1.54) is 12.0 Å². The highest BCUT2D eigenvalue weighted by Gasteiger charge is 2.40. The summed E-state index contributed by atoms with van der Waals surface area (Å²) < 4.78 is 11.6. The van der Waals surface area contributed by atoms with Gasteiger partial charge >= 0.3 is 0 Å². The largest absolute Gasteiger partial charge is 0.367 e. The van der Waals surface area contributed by atoms with Gasteiger partial charge < -0.3 is 9.26 Å². The lowest BCUT2D eigenvalue weighted by Gasteiger charge is -2.33. The molecule has 0 saturated carbocycles. The normalized spacial score (nSPS) is 28.0. The molecule has 122 valence electrons. The molecule has 2 aliphatic heterocycles. The molecule has 4 heterocycles. The Morgan fingerprint density at radius 3 is 3.00 bits per heavy atom. The maximum absolute atomic E-state index is 6.29. The standard InChI is InChI=1S/C17H22N4O2/c1-11-14(12(2)23-20-11)8-21-6-4-13-7-16(22-17(13)9-21)15-3-5-18-10-19-15/h3,5,10,13,16-17H,4,6-9H2,1-2H3/t13-,16-,17+/m0/s1. The van der Waals surface area contributed by atoms with Crippen LogP contribution in [0.15, 0.2) is 23.1 Å². The molecule has 0 spiro atoms. The number of hydrogen-bond acceptors (Lipinski definition) is 6. The fourth-order valence-corrected chi connectivity index (χ4v) is 3.77. The molecular weight excluding hydrogens is 292 g/mol. The molecule has 2 saturated heterocycles. The second-order valence-corrected chi connectivity index (χ2v) is 6.62. The summed E-state index contributed by atoms with van der Waals surface area (Å²) in [5.74, 6) is 1.56. The Morgan fingerprint density at radius 1 is 1.35 bits per heavy atom. The van der Waals surface area contributed by atoms with Crippen LogP contribution in [0.5, 0.6) is 0 Å². The summed E-state index contributed by atoms with van der Waals surface area (Å²) >= 11 is 0. The maximum Gasteiger partial charge on any atom is 0.138 e. The fraction of sp³-hybridized carbons (Fsp3) is 0.588. The lowest BCUT2D eigenvalue weighted by molar-refractivity contribution is -0.0108. The lowest BCUT2D eigenvalue weighted by Crippen LogP contribution is -2.41. The SMILES string of the molecule is Cc1noc(C)c1CN1CC[C@H]2C[C@@H](c3ccncn3)O[C@@H]2C1. The summed E-state index contributed by atoms with van der Waals surface area (Å²) in [6.45, 7) is 6.96. The van der Waals surface area contributed by atoms with Crippen LogP contribution in [0.2, 0.25) is 0 Å². The van der Waals surface area contributed by atoms with Crippen LogP contribution >= 0.6 is 0 Å². The van der Waals surface area contributed by atoms with Gasteiger partial charge in [-0.15, -0.1) is 0 Å². The van der Waals surface area contributed by atoms with Gasteiger partial charge in [0, 0.05) is 24.8 Å². The Kier molecular flexibility index (Phi) is 3.87. The Hall–Kier alpha value is -1.79. The van der Waals surface area contributed by atoms with E-state index in [-0.39, 0.29) is 6.10 Å². The minimum atomic E-state index is 0.118. The third-order valence-electron chi connectivity index (χ3n) is 5.13. The molecule has 0 unspecified atom stereocenters. The van der Waals surface area contributed by atoms with Crippen LogP contribution in [0.4, 0.5) is 0 Å². The molecule has 0 amide bonds. The quantitative estimate of drug-likeness (QED) is 0.867. The van der Waals surface area contributed by atoms with Crippen molar-refractivity contribution >= 4 is 0 Å². The molecule has 3 atom stereocenters. The second kappa shape index (κ2) is 6.02. The zero-order chi connectivity index (χ0) is 15.8. The van der Waals surface area contributed by atoms with Crippen molar-refractivity contribution in [3.05, 3.63) is 41.3 Å². The van der Waals surface area contributed by atoms with E-state index in [1.54, 1.807) is 12.5 Å². The molecule has 2 aliphatic rings. The molecule has 2 aromatic heterocycles. The van der Waals surface area contributed by atoms with Crippen molar-refractivity contribution in [3.8, 4) is 0 Å². The van der Waals surface area contributed by atoms with Gasteiger partial charge in [-0.25, -0.2) is 9.97 Å². The molecule has 0 bridgehead atoms. The molecule has 6 heteroatoms. The first-order chi connectivity index (χ1) is 11.2. The molecule has 2 fully saturated rings. The lowest BCUT2D eigenvalue weighted by atomic mass is 9.91. The number of fused-ring (bicyclic) bond motifs is 1. The predicted octanol–water partition coefficient (Wildman–Crippen LogP) is 2.43. The van der Waals surface area contributed by atoms with Gasteiger partial charge in [0.15, 0.2) is 0 Å². The average Bonchev–Trinajstić information content (AvgIpc) is 3.14. The van der Waals surface area contributed by atoms with Crippen molar-refractivity contribution in [1.82, 2.24) is 20.0 Å². The second-order valence-electron chi connectivity index (χ2n) is 6.62. The molecule has 4 rings (SSSR count). The topological polar surface area (TPSA) is 64.3 Å². The van der Waals surface area contributed by atoms with E-state index in [1.807, 2.05) is 19.9 Å². The van der Waals surface area contributed by atoms with Gasteiger partial charge in [-0.05, 0) is 45.2 Å². The molecule has 0 N–H and O–H groups in total. The van der Waals surface area contributed by atoms with E-state index in [9.17, 15) is 0 Å². The van der Waals surface area contributed by atoms with E-state index >= 15 is 0 Å². The number of hydrogen-bond donors (Lipinski definition) is 0. The van der Waals surface area contributed by atoms with Gasteiger partial charge in [-0.1, -0.05) is 5.16 Å². The smallest absolute Gasteiger partial charge is 0.138 e. The van der Waals surface area contributed by atoms with Crippen LogP contribution in [-0.2, 0) is 11.3 Å². The summed E-state index contributed by atoms with van der Waals surface area (Å²) in [4.78, 5) is 10.8. The average molecular weight is 314 g/mol. The number of rotatable bonds is 3. The summed E-state index contributed by atoms with van der Waals surface area (Å²) in [6.07, 6.45) is 6.05. The molecule has 0 aliphatic carbocycles. The van der Waals surface area contributed by atoms with E-state index in [4.69, 9.17) is 9.26 Å². The highest BCUT2D eigenvalue weighted by Crippen LogP contribution is 2.40. The molecule has 2 aromatic rings. The van der Waals surface area contributed by atoms with Gasteiger partial charge in [0.05, 0.1) is 17.5 Å². The fourth-order valence-electron chi connectivity index (χ4n) is 3.77. The van der Waals surface area contributed by atoms with E-state index < -0.39 is 0 Å². The minimum Gasteiger partial charge on any atom is -0.367 e. The third-order valence-corrected chi connectivity index (χ3v) is 5.13. The van der Waals surface area contributed by atoms with Crippen LogP contribution in [0.1, 0.15) is 41.7 Å². The van der Waals surface area contributed by atoms with Gasteiger partial charge in [0.1, 0.15) is 18.2 Å². The Balaban J connectivity index is 1.42. The third kappa shape index (κ3) is 2.88. The van der Waals surface area contributed by atoms with Crippen LogP contribution in [0.25, 0.3) is 0 Å². The number of ether oxygens (including phenoxy) is 1. The summed E-state index contributed by atoms with van der Waals surface area (Å²) in [7, 11) is 0. The number of piperidine rings is 1. The maximum atomic E-state index is 6.29. The van der Waals surface area contributed by atoms with E-state index in [2.05, 4.69) is 20.0 Å². The Bertz CT molecular complexity index is 653. The van der Waals surface area contributed by atoms with Crippen molar-refractivity contribution in [2.45, 2.75) is 45.4 Å².